The van der Waals surface area contributed by atoms with Crippen LogP contribution in [0.25, 0.3) is 11.0 Å². The minimum absolute atomic E-state index is 0.0641. The maximum atomic E-state index is 12.9. The van der Waals surface area contributed by atoms with Crippen LogP contribution < -0.4 is 11.3 Å². The second-order valence-corrected chi connectivity index (χ2v) is 2.73. The molecule has 6 heteroatoms. The van der Waals surface area contributed by atoms with E-state index in [1.54, 1.807) is 0 Å². The molecule has 5 nitrogen and oxygen atoms in total. The van der Waals surface area contributed by atoms with Crippen LogP contribution in [-0.2, 0) is 7.05 Å². The fourth-order valence-electron chi connectivity index (χ4n) is 1.19. The van der Waals surface area contributed by atoms with Crippen molar-refractivity contribution < 1.29 is 4.39 Å². The molecule has 2 aromatic heterocycles. The highest BCUT2D eigenvalue weighted by atomic mass is 19.1. The van der Waals surface area contributed by atoms with Gasteiger partial charge >= 0.3 is 0 Å². The Morgan fingerprint density at radius 3 is 3.08 bits per heavy atom. The molecule has 0 aliphatic carbocycles. The third-order valence-corrected chi connectivity index (χ3v) is 1.85. The van der Waals surface area contributed by atoms with Gasteiger partial charge in [0.25, 0.3) is 11.6 Å². The van der Waals surface area contributed by atoms with E-state index in [0.29, 0.717) is 5.52 Å². The van der Waals surface area contributed by atoms with Crippen molar-refractivity contribution in [3.63, 3.8) is 0 Å². The van der Waals surface area contributed by atoms with Gasteiger partial charge in [-0.3, -0.25) is 4.79 Å². The average molecular weight is 182 g/mol. The summed E-state index contributed by atoms with van der Waals surface area (Å²) in [5, 5.41) is 0. The molecule has 68 valence electrons. The van der Waals surface area contributed by atoms with E-state index in [1.165, 1.54) is 17.7 Å². The highest BCUT2D eigenvalue weighted by Crippen LogP contribution is 2.11. The predicted octanol–water partition coefficient (Wildman–Crippen LogP) is -0.0171. The number of nitrogens with one attached hydrogen (secondary N) is 1. The molecule has 0 amide bonds. The molecule has 2 heterocycles. The zero-order valence-electron chi connectivity index (χ0n) is 6.84. The van der Waals surface area contributed by atoms with Crippen molar-refractivity contribution in [2.45, 2.75) is 0 Å². The number of hydrogen-bond acceptors (Lipinski definition) is 3. The summed E-state index contributed by atoms with van der Waals surface area (Å²) < 4.78 is 14.1. The van der Waals surface area contributed by atoms with Crippen LogP contribution in [0.15, 0.2) is 10.9 Å². The number of nitrogens with zero attached hydrogens (tertiary/aromatic N) is 2. The van der Waals surface area contributed by atoms with Crippen molar-refractivity contribution in [2.75, 3.05) is 5.73 Å². The van der Waals surface area contributed by atoms with Crippen LogP contribution in [0.4, 0.5) is 10.2 Å². The second kappa shape index (κ2) is 2.32. The second-order valence-electron chi connectivity index (χ2n) is 2.73. The van der Waals surface area contributed by atoms with Gasteiger partial charge in [0.1, 0.15) is 5.82 Å². The summed E-state index contributed by atoms with van der Waals surface area (Å²) in [6.45, 7) is 0. The lowest BCUT2D eigenvalue weighted by atomic mass is 10.4. The summed E-state index contributed by atoms with van der Waals surface area (Å²) in [7, 11) is 1.48. The van der Waals surface area contributed by atoms with E-state index in [9.17, 15) is 9.18 Å². The first kappa shape index (κ1) is 7.78. The molecule has 2 aromatic rings. The molecule has 13 heavy (non-hydrogen) atoms. The fourth-order valence-corrected chi connectivity index (χ4v) is 1.19. The number of halogens is 1. The highest BCUT2D eigenvalue weighted by Gasteiger charge is 2.10. The van der Waals surface area contributed by atoms with Gasteiger partial charge in [0, 0.05) is 13.1 Å². The van der Waals surface area contributed by atoms with Gasteiger partial charge in [-0.05, 0) is 0 Å². The molecule has 0 saturated heterocycles. The number of aromatic nitrogens is 3. The van der Waals surface area contributed by atoms with Crippen molar-refractivity contribution >= 4 is 16.9 Å². The summed E-state index contributed by atoms with van der Waals surface area (Å²) in [5.74, 6) is 0.195. The van der Waals surface area contributed by atoms with Crippen molar-refractivity contribution in [2.24, 2.45) is 7.05 Å². The smallest absolute Gasteiger partial charge is 0.290 e. The molecule has 0 aliphatic rings. The van der Waals surface area contributed by atoms with Crippen molar-refractivity contribution in [3.8, 4) is 0 Å². The molecule has 3 N–H and O–H groups in total. The summed E-state index contributed by atoms with van der Waals surface area (Å²) in [6.07, 6.45) is -0.703. The number of H-pyrrole nitrogens is 1. The van der Waals surface area contributed by atoms with E-state index in [-0.39, 0.29) is 11.3 Å². The Morgan fingerprint density at radius 2 is 2.38 bits per heavy atom. The van der Waals surface area contributed by atoms with Gasteiger partial charge in [-0.2, -0.15) is 9.37 Å². The number of nitrogen functional groups attached to an aromatic ring is 1. The fraction of sp³-hybridized carbons (Fsp3) is 0.143. The van der Waals surface area contributed by atoms with Gasteiger partial charge < -0.3 is 15.3 Å². The van der Waals surface area contributed by atoms with Crippen LogP contribution in [0.5, 0.6) is 0 Å². The van der Waals surface area contributed by atoms with Crippen molar-refractivity contribution in [1.29, 1.82) is 0 Å². The maximum absolute atomic E-state index is 12.9. The topological polar surface area (TPSA) is 76.7 Å². The lowest BCUT2D eigenvalue weighted by molar-refractivity contribution is 0.507. The molecule has 0 aromatic carbocycles. The van der Waals surface area contributed by atoms with E-state index in [4.69, 9.17) is 5.73 Å². The van der Waals surface area contributed by atoms with E-state index in [0.717, 1.165) is 0 Å². The third-order valence-electron chi connectivity index (χ3n) is 1.85. The Bertz CT molecular complexity index is 527. The van der Waals surface area contributed by atoms with Crippen LogP contribution >= 0.6 is 0 Å². The number of nitrogens with two attached hydrogens (primary N) is 1. The largest absolute Gasteiger partial charge is 0.385 e. The first-order chi connectivity index (χ1) is 6.09. The molecule has 0 aliphatic heterocycles. The zero-order valence-corrected chi connectivity index (χ0v) is 6.84. The number of aromatic amines is 1. The van der Waals surface area contributed by atoms with Crippen LogP contribution in [0.3, 0.4) is 0 Å². The molecular weight excluding hydrogens is 175 g/mol. The standard InChI is InChI=1S/C7H7FN4O/c1-12-3-2-4(9)10-6(13)5(3)11-7(12)8/h2H,1H3,(H3,9,10,13). The Hall–Kier alpha value is -1.85. The normalized spacial score (nSPS) is 10.9. The van der Waals surface area contributed by atoms with Crippen LogP contribution in [0, 0.1) is 6.08 Å². The SMILES string of the molecule is Cn1c(F)nc2c(=O)[nH]c(N)cc21. The van der Waals surface area contributed by atoms with Gasteiger partial charge in [-0.1, -0.05) is 0 Å². The van der Waals surface area contributed by atoms with Crippen molar-refractivity contribution in [3.05, 3.63) is 22.5 Å². The number of pyridine rings is 1. The van der Waals surface area contributed by atoms with Crippen LogP contribution in [-0.4, -0.2) is 14.5 Å². The molecule has 0 saturated carbocycles. The summed E-state index contributed by atoms with van der Waals surface area (Å²) in [5.41, 5.74) is 5.36. The lowest BCUT2D eigenvalue weighted by Crippen LogP contribution is -2.09. The van der Waals surface area contributed by atoms with Gasteiger partial charge in [-0.15, -0.1) is 0 Å². The number of imidazole rings is 1. The van der Waals surface area contributed by atoms with Crippen molar-refractivity contribution in [1.82, 2.24) is 14.5 Å². The Balaban J connectivity index is 3.03. The van der Waals surface area contributed by atoms with Crippen LogP contribution in [0.1, 0.15) is 0 Å². The maximum Gasteiger partial charge on any atom is 0.290 e. The van der Waals surface area contributed by atoms with Crippen LogP contribution in [0.2, 0.25) is 0 Å². The Labute approximate surface area is 72.0 Å². The number of aryl methyl sites for hydroxylation is 1. The van der Waals surface area contributed by atoms with Gasteiger partial charge in [0.15, 0.2) is 5.52 Å². The van der Waals surface area contributed by atoms with E-state index in [1.807, 2.05) is 0 Å². The number of fused-ring (bicyclic) bond motifs is 1. The summed E-state index contributed by atoms with van der Waals surface area (Å²) >= 11 is 0. The van der Waals surface area contributed by atoms with Gasteiger partial charge in [0.2, 0.25) is 0 Å². The van der Waals surface area contributed by atoms with E-state index >= 15 is 0 Å². The molecular formula is C7H7FN4O. The Kier molecular flexibility index (Phi) is 1.39. The molecule has 0 atom stereocenters. The third kappa shape index (κ3) is 0.986. The number of hydrogen-bond donors (Lipinski definition) is 2. The molecule has 2 rings (SSSR count). The van der Waals surface area contributed by atoms with E-state index < -0.39 is 11.6 Å². The molecule has 0 bridgehead atoms. The monoisotopic (exact) mass is 182 g/mol. The summed E-state index contributed by atoms with van der Waals surface area (Å²) in [6, 6.07) is 1.47. The molecule has 0 fully saturated rings. The Morgan fingerprint density at radius 1 is 1.69 bits per heavy atom. The molecule has 0 unspecified atom stereocenters. The minimum atomic E-state index is -0.703. The number of anilines is 1. The van der Waals surface area contributed by atoms with Gasteiger partial charge in [0.05, 0.1) is 5.52 Å². The average Bonchev–Trinajstić information content (AvgIpc) is 2.32. The molecule has 0 spiro atoms. The first-order valence-electron chi connectivity index (χ1n) is 3.60. The summed E-state index contributed by atoms with van der Waals surface area (Å²) in [4.78, 5) is 17.0. The zero-order chi connectivity index (χ0) is 9.59. The highest BCUT2D eigenvalue weighted by molar-refractivity contribution is 5.76. The van der Waals surface area contributed by atoms with Gasteiger partial charge in [-0.25, -0.2) is 0 Å². The van der Waals surface area contributed by atoms with E-state index in [2.05, 4.69) is 9.97 Å². The molecule has 0 radical (unpaired) electrons. The predicted molar refractivity (Wildman–Crippen MR) is 45.7 cm³/mol. The first-order valence-corrected chi connectivity index (χ1v) is 3.60. The lowest BCUT2D eigenvalue weighted by Gasteiger charge is -1.95. The number of rotatable bonds is 0. The quantitative estimate of drug-likeness (QED) is 0.601. The minimum Gasteiger partial charge on any atom is -0.385 e.